The topological polar surface area (TPSA) is 70.4 Å². The number of benzene rings is 1. The molecule has 0 radical (unpaired) electrons. The lowest BCUT2D eigenvalue weighted by Gasteiger charge is -2.32. The van der Waals surface area contributed by atoms with E-state index in [0.717, 1.165) is 4.09 Å². The van der Waals surface area contributed by atoms with E-state index >= 15 is 0 Å². The summed E-state index contributed by atoms with van der Waals surface area (Å²) < 4.78 is 37.1. The first-order valence-corrected chi connectivity index (χ1v) is 8.41. The predicted octanol–water partition coefficient (Wildman–Crippen LogP) is 0.888. The van der Waals surface area contributed by atoms with Crippen LogP contribution in [0.3, 0.4) is 0 Å². The molecule has 0 unspecified atom stereocenters. The Morgan fingerprint density at radius 3 is 2.45 bits per heavy atom. The number of hydrogen-bond donors (Lipinski definition) is 0. The maximum Gasteiger partial charge on any atom is 0.497 e. The van der Waals surface area contributed by atoms with Gasteiger partial charge in [0.05, 0.1) is 4.90 Å². The SMILES string of the molecule is CC1(C)COB(c2cnn(S(=O)(=O)c3ccccc3)c2)OC1. The second-order valence-electron chi connectivity index (χ2n) is 6.08. The van der Waals surface area contributed by atoms with Crippen LogP contribution in [0.1, 0.15) is 13.8 Å². The molecule has 0 spiro atoms. The fourth-order valence-electron chi connectivity index (χ4n) is 2.16. The molecular weight excluding hydrogens is 303 g/mol. The van der Waals surface area contributed by atoms with Crippen LogP contribution in [0.15, 0.2) is 47.6 Å². The molecule has 8 heteroatoms. The molecule has 0 atom stereocenters. The van der Waals surface area contributed by atoms with Crippen molar-refractivity contribution < 1.29 is 17.7 Å². The molecule has 2 heterocycles. The standard InChI is InChI=1S/C14H17BN2O4S/c1-14(2)10-20-15(21-11-14)12-8-16-17(9-12)22(18,19)13-6-4-3-5-7-13/h3-9H,10-11H2,1-2H3. The van der Waals surface area contributed by atoms with Gasteiger partial charge < -0.3 is 9.31 Å². The molecule has 22 heavy (non-hydrogen) atoms. The summed E-state index contributed by atoms with van der Waals surface area (Å²) in [6, 6.07) is 8.18. The van der Waals surface area contributed by atoms with Crippen molar-refractivity contribution in [2.75, 3.05) is 13.2 Å². The molecule has 3 rings (SSSR count). The average molecular weight is 320 g/mol. The average Bonchev–Trinajstić information content (AvgIpc) is 2.99. The van der Waals surface area contributed by atoms with Crippen molar-refractivity contribution in [3.05, 3.63) is 42.7 Å². The monoisotopic (exact) mass is 320 g/mol. The van der Waals surface area contributed by atoms with Crippen molar-refractivity contribution in [2.24, 2.45) is 5.41 Å². The van der Waals surface area contributed by atoms with E-state index in [-0.39, 0.29) is 10.3 Å². The number of nitrogens with zero attached hydrogens (tertiary/aromatic N) is 2. The Hall–Kier alpha value is -1.64. The highest BCUT2D eigenvalue weighted by Crippen LogP contribution is 2.21. The van der Waals surface area contributed by atoms with Crippen LogP contribution in [-0.4, -0.2) is 37.9 Å². The molecule has 116 valence electrons. The second-order valence-corrected chi connectivity index (χ2v) is 7.88. The summed E-state index contributed by atoms with van der Waals surface area (Å²) in [5.74, 6) is 0. The van der Waals surface area contributed by atoms with E-state index in [2.05, 4.69) is 5.10 Å². The molecule has 1 aromatic heterocycles. The molecule has 2 aromatic rings. The first-order valence-electron chi connectivity index (χ1n) is 6.97. The van der Waals surface area contributed by atoms with Gasteiger partial charge in [0.15, 0.2) is 0 Å². The fourth-order valence-corrected chi connectivity index (χ4v) is 3.30. The zero-order valence-electron chi connectivity index (χ0n) is 12.5. The lowest BCUT2D eigenvalue weighted by Crippen LogP contribution is -2.47. The van der Waals surface area contributed by atoms with Gasteiger partial charge in [-0.2, -0.15) is 17.6 Å². The van der Waals surface area contributed by atoms with Crippen molar-refractivity contribution in [3.63, 3.8) is 0 Å². The van der Waals surface area contributed by atoms with Crippen molar-refractivity contribution in [1.82, 2.24) is 9.19 Å². The second kappa shape index (κ2) is 5.53. The summed E-state index contributed by atoms with van der Waals surface area (Å²) in [5.41, 5.74) is 0.554. The van der Waals surface area contributed by atoms with Crippen LogP contribution in [0.25, 0.3) is 0 Å². The highest BCUT2D eigenvalue weighted by atomic mass is 32.2. The van der Waals surface area contributed by atoms with Crippen molar-refractivity contribution in [3.8, 4) is 0 Å². The van der Waals surface area contributed by atoms with Crippen LogP contribution in [0.5, 0.6) is 0 Å². The first kappa shape index (κ1) is 15.3. The minimum atomic E-state index is -3.69. The lowest BCUT2D eigenvalue weighted by molar-refractivity contribution is 0.0343. The van der Waals surface area contributed by atoms with Crippen LogP contribution in [0.4, 0.5) is 0 Å². The zero-order valence-corrected chi connectivity index (χ0v) is 13.3. The predicted molar refractivity (Wildman–Crippen MR) is 82.3 cm³/mol. The Morgan fingerprint density at radius 1 is 1.18 bits per heavy atom. The van der Waals surface area contributed by atoms with E-state index in [1.165, 1.54) is 24.5 Å². The van der Waals surface area contributed by atoms with E-state index in [1.54, 1.807) is 18.2 Å². The number of aromatic nitrogens is 2. The molecule has 1 saturated heterocycles. The van der Waals surface area contributed by atoms with Gasteiger partial charge in [-0.05, 0) is 12.1 Å². The number of rotatable bonds is 3. The number of hydrogen-bond acceptors (Lipinski definition) is 5. The Bertz CT molecular complexity index is 748. The van der Waals surface area contributed by atoms with Crippen molar-refractivity contribution >= 4 is 22.6 Å². The highest BCUT2D eigenvalue weighted by molar-refractivity contribution is 7.89. The molecule has 0 N–H and O–H groups in total. The maximum atomic E-state index is 12.5. The summed E-state index contributed by atoms with van der Waals surface area (Å²) in [6.07, 6.45) is 2.90. The smallest absolute Gasteiger partial charge is 0.407 e. The Labute approximate surface area is 130 Å². The summed E-state index contributed by atoms with van der Waals surface area (Å²) >= 11 is 0. The summed E-state index contributed by atoms with van der Waals surface area (Å²) in [6.45, 7) is 5.20. The van der Waals surface area contributed by atoms with E-state index in [4.69, 9.17) is 9.31 Å². The Kier molecular flexibility index (Phi) is 3.84. The minimum absolute atomic E-state index is 0.0391. The molecule has 0 bridgehead atoms. The molecule has 6 nitrogen and oxygen atoms in total. The lowest BCUT2D eigenvalue weighted by atomic mass is 9.78. The van der Waals surface area contributed by atoms with Crippen molar-refractivity contribution in [1.29, 1.82) is 0 Å². The van der Waals surface area contributed by atoms with Gasteiger partial charge in [-0.3, -0.25) is 0 Å². The van der Waals surface area contributed by atoms with Gasteiger partial charge >= 0.3 is 7.12 Å². The fraction of sp³-hybridized carbons (Fsp3) is 0.357. The molecule has 1 fully saturated rings. The van der Waals surface area contributed by atoms with Crippen LogP contribution in [0, 0.1) is 5.41 Å². The largest absolute Gasteiger partial charge is 0.497 e. The molecule has 1 aliphatic rings. The summed E-state index contributed by atoms with van der Waals surface area (Å²) in [5, 5.41) is 3.94. The van der Waals surface area contributed by atoms with Gasteiger partial charge in [0, 0.05) is 36.5 Å². The van der Waals surface area contributed by atoms with E-state index in [9.17, 15) is 8.42 Å². The van der Waals surface area contributed by atoms with Gasteiger partial charge in [-0.15, -0.1) is 0 Å². The van der Waals surface area contributed by atoms with Gasteiger partial charge in [-0.25, -0.2) is 0 Å². The quantitative estimate of drug-likeness (QED) is 0.786. The molecule has 0 saturated carbocycles. The third kappa shape index (κ3) is 2.94. The zero-order chi connectivity index (χ0) is 15.8. The molecule has 0 aliphatic carbocycles. The van der Waals surface area contributed by atoms with E-state index in [1.807, 2.05) is 13.8 Å². The van der Waals surface area contributed by atoms with Gasteiger partial charge in [0.1, 0.15) is 0 Å². The molecule has 1 aliphatic heterocycles. The normalized spacial score (nSPS) is 18.4. The van der Waals surface area contributed by atoms with Crippen LogP contribution in [0.2, 0.25) is 0 Å². The van der Waals surface area contributed by atoms with Gasteiger partial charge in [0.25, 0.3) is 10.0 Å². The summed E-state index contributed by atoms with van der Waals surface area (Å²) in [7, 11) is -4.26. The first-order chi connectivity index (χ1) is 10.4. The van der Waals surface area contributed by atoms with Gasteiger partial charge in [0.2, 0.25) is 0 Å². The van der Waals surface area contributed by atoms with E-state index in [0.29, 0.717) is 18.7 Å². The minimum Gasteiger partial charge on any atom is -0.407 e. The molecule has 0 amide bonds. The van der Waals surface area contributed by atoms with Crippen molar-refractivity contribution in [2.45, 2.75) is 18.7 Å². The molecule has 1 aromatic carbocycles. The van der Waals surface area contributed by atoms with Crippen LogP contribution in [-0.2, 0) is 19.3 Å². The van der Waals surface area contributed by atoms with Gasteiger partial charge in [-0.1, -0.05) is 32.0 Å². The van der Waals surface area contributed by atoms with Crippen LogP contribution >= 0.6 is 0 Å². The Morgan fingerprint density at radius 2 is 1.82 bits per heavy atom. The maximum absolute atomic E-state index is 12.5. The van der Waals surface area contributed by atoms with Crippen LogP contribution < -0.4 is 5.46 Å². The Balaban J connectivity index is 1.83. The summed E-state index contributed by atoms with van der Waals surface area (Å²) in [4.78, 5) is 0.191. The third-order valence-electron chi connectivity index (χ3n) is 3.39. The van der Waals surface area contributed by atoms with E-state index < -0.39 is 17.1 Å². The molecular formula is C14H17BN2O4S. The highest BCUT2D eigenvalue weighted by Gasteiger charge is 2.35. The third-order valence-corrected chi connectivity index (χ3v) is 4.95.